The van der Waals surface area contributed by atoms with Crippen LogP contribution in [0.2, 0.25) is 0 Å². The summed E-state index contributed by atoms with van der Waals surface area (Å²) in [4.78, 5) is 11.7. The highest BCUT2D eigenvalue weighted by molar-refractivity contribution is 5.99. The summed E-state index contributed by atoms with van der Waals surface area (Å²) in [5.74, 6) is -0.444. The molecule has 0 spiro atoms. The Morgan fingerprint density at radius 3 is 2.25 bits per heavy atom. The molecular formula is C12H16O4. The van der Waals surface area contributed by atoms with E-state index in [4.69, 9.17) is 5.11 Å². The van der Waals surface area contributed by atoms with Crippen LogP contribution in [0.3, 0.4) is 0 Å². The van der Waals surface area contributed by atoms with Crippen LogP contribution in [0.4, 0.5) is 0 Å². The monoisotopic (exact) mass is 224 g/mol. The number of ketones is 1. The molecule has 0 radical (unpaired) electrons. The van der Waals surface area contributed by atoms with E-state index >= 15 is 0 Å². The van der Waals surface area contributed by atoms with E-state index in [1.807, 2.05) is 0 Å². The molecule has 1 rings (SSSR count). The maximum absolute atomic E-state index is 11.7. The predicted octanol–water partition coefficient (Wildman–Crippen LogP) is 0.362. The number of aliphatic hydroxyl groups excluding tert-OH is 3. The summed E-state index contributed by atoms with van der Waals surface area (Å²) < 4.78 is 0. The van der Waals surface area contributed by atoms with E-state index in [2.05, 4.69) is 0 Å². The van der Waals surface area contributed by atoms with Crippen molar-refractivity contribution in [3.8, 4) is 0 Å². The topological polar surface area (TPSA) is 77.8 Å². The van der Waals surface area contributed by atoms with Gasteiger partial charge in [-0.3, -0.25) is 4.79 Å². The molecule has 0 bridgehead atoms. The molecule has 0 saturated heterocycles. The normalized spacial score (nSPS) is 16.5. The number of rotatable bonds is 5. The SMILES string of the molecule is CC(O)C(O)CC(O)C(=O)c1ccccc1. The molecule has 3 atom stereocenters. The number of Topliss-reactive ketones (excluding diaryl/α,β-unsaturated/α-hetero) is 1. The molecule has 0 amide bonds. The standard InChI is InChI=1S/C12H16O4/c1-8(13)10(14)7-11(15)12(16)9-5-3-2-4-6-9/h2-6,8,10-11,13-15H,7H2,1H3. The Labute approximate surface area is 94.2 Å². The molecule has 16 heavy (non-hydrogen) atoms. The molecule has 4 nitrogen and oxygen atoms in total. The summed E-state index contributed by atoms with van der Waals surface area (Å²) in [5.41, 5.74) is 0.396. The van der Waals surface area contributed by atoms with Crippen molar-refractivity contribution in [2.24, 2.45) is 0 Å². The average Bonchev–Trinajstić information content (AvgIpc) is 2.28. The van der Waals surface area contributed by atoms with Crippen molar-refractivity contribution < 1.29 is 20.1 Å². The van der Waals surface area contributed by atoms with Crippen molar-refractivity contribution >= 4 is 5.78 Å². The first-order valence-electron chi connectivity index (χ1n) is 5.16. The lowest BCUT2D eigenvalue weighted by Crippen LogP contribution is -2.31. The quantitative estimate of drug-likeness (QED) is 0.631. The van der Waals surface area contributed by atoms with E-state index in [1.165, 1.54) is 6.92 Å². The fourth-order valence-electron chi connectivity index (χ4n) is 1.33. The minimum absolute atomic E-state index is 0.161. The van der Waals surface area contributed by atoms with Crippen LogP contribution < -0.4 is 0 Å². The molecule has 0 heterocycles. The van der Waals surface area contributed by atoms with E-state index in [-0.39, 0.29) is 6.42 Å². The molecule has 0 aliphatic rings. The van der Waals surface area contributed by atoms with Gasteiger partial charge in [0.05, 0.1) is 12.2 Å². The van der Waals surface area contributed by atoms with Gasteiger partial charge in [0.1, 0.15) is 6.10 Å². The first kappa shape index (κ1) is 12.8. The second-order valence-corrected chi connectivity index (χ2v) is 3.79. The Balaban J connectivity index is 2.62. The third-order valence-corrected chi connectivity index (χ3v) is 2.38. The van der Waals surface area contributed by atoms with Crippen LogP contribution >= 0.6 is 0 Å². The third-order valence-electron chi connectivity index (χ3n) is 2.38. The Hall–Kier alpha value is -1.23. The van der Waals surface area contributed by atoms with Gasteiger partial charge in [-0.05, 0) is 6.92 Å². The summed E-state index contributed by atoms with van der Waals surface area (Å²) in [7, 11) is 0. The fourth-order valence-corrected chi connectivity index (χ4v) is 1.33. The summed E-state index contributed by atoms with van der Waals surface area (Å²) in [6.07, 6.45) is -3.50. The zero-order valence-corrected chi connectivity index (χ0v) is 9.08. The van der Waals surface area contributed by atoms with Crippen molar-refractivity contribution in [1.82, 2.24) is 0 Å². The molecule has 0 aliphatic carbocycles. The van der Waals surface area contributed by atoms with Gasteiger partial charge >= 0.3 is 0 Å². The number of benzene rings is 1. The highest BCUT2D eigenvalue weighted by Crippen LogP contribution is 2.09. The van der Waals surface area contributed by atoms with Gasteiger partial charge in [0, 0.05) is 12.0 Å². The number of carbonyl (C=O) groups excluding carboxylic acids is 1. The number of hydrogen-bond donors (Lipinski definition) is 3. The molecule has 3 unspecified atom stereocenters. The van der Waals surface area contributed by atoms with E-state index in [0.29, 0.717) is 5.56 Å². The van der Waals surface area contributed by atoms with E-state index in [9.17, 15) is 15.0 Å². The van der Waals surface area contributed by atoms with Crippen molar-refractivity contribution in [3.05, 3.63) is 35.9 Å². The molecule has 0 aromatic heterocycles. The second-order valence-electron chi connectivity index (χ2n) is 3.79. The molecule has 0 fully saturated rings. The molecule has 0 aliphatic heterocycles. The van der Waals surface area contributed by atoms with Gasteiger partial charge in [-0.2, -0.15) is 0 Å². The van der Waals surface area contributed by atoms with Gasteiger partial charge in [-0.1, -0.05) is 30.3 Å². The van der Waals surface area contributed by atoms with Crippen LogP contribution in [0.25, 0.3) is 0 Å². The second kappa shape index (κ2) is 5.75. The minimum atomic E-state index is -1.29. The Morgan fingerprint density at radius 1 is 1.19 bits per heavy atom. The fraction of sp³-hybridized carbons (Fsp3) is 0.417. The number of aliphatic hydroxyl groups is 3. The summed E-state index contributed by atoms with van der Waals surface area (Å²) in [6.45, 7) is 1.41. The highest BCUT2D eigenvalue weighted by Gasteiger charge is 2.22. The predicted molar refractivity (Wildman–Crippen MR) is 59.1 cm³/mol. The van der Waals surface area contributed by atoms with Crippen LogP contribution in [-0.2, 0) is 0 Å². The molecule has 1 aromatic rings. The summed E-state index contributed by atoms with van der Waals surface area (Å²) in [6, 6.07) is 8.37. The zero-order chi connectivity index (χ0) is 12.1. The lowest BCUT2D eigenvalue weighted by atomic mass is 10.00. The zero-order valence-electron chi connectivity index (χ0n) is 9.08. The molecule has 88 valence electrons. The first-order chi connectivity index (χ1) is 7.52. The van der Waals surface area contributed by atoms with Crippen molar-refractivity contribution in [2.45, 2.75) is 31.7 Å². The Bertz CT molecular complexity index is 334. The van der Waals surface area contributed by atoms with Crippen LogP contribution in [-0.4, -0.2) is 39.4 Å². The molecule has 1 aromatic carbocycles. The van der Waals surface area contributed by atoms with Gasteiger partial charge in [0.15, 0.2) is 5.78 Å². The third kappa shape index (κ3) is 3.41. The minimum Gasteiger partial charge on any atom is -0.391 e. The van der Waals surface area contributed by atoms with E-state index in [1.54, 1.807) is 30.3 Å². The van der Waals surface area contributed by atoms with Crippen LogP contribution in [0, 0.1) is 0 Å². The first-order valence-corrected chi connectivity index (χ1v) is 5.16. The summed E-state index contributed by atoms with van der Waals surface area (Å²) in [5, 5.41) is 27.9. The Morgan fingerprint density at radius 2 is 1.75 bits per heavy atom. The highest BCUT2D eigenvalue weighted by atomic mass is 16.3. The van der Waals surface area contributed by atoms with Crippen molar-refractivity contribution in [3.63, 3.8) is 0 Å². The van der Waals surface area contributed by atoms with Crippen LogP contribution in [0.15, 0.2) is 30.3 Å². The van der Waals surface area contributed by atoms with Crippen molar-refractivity contribution in [2.75, 3.05) is 0 Å². The molecule has 4 heteroatoms. The van der Waals surface area contributed by atoms with Gasteiger partial charge in [0.2, 0.25) is 0 Å². The maximum atomic E-state index is 11.7. The smallest absolute Gasteiger partial charge is 0.191 e. The number of hydrogen-bond acceptors (Lipinski definition) is 4. The van der Waals surface area contributed by atoms with Gasteiger partial charge < -0.3 is 15.3 Å². The van der Waals surface area contributed by atoms with Gasteiger partial charge in [0.25, 0.3) is 0 Å². The van der Waals surface area contributed by atoms with Crippen LogP contribution in [0.5, 0.6) is 0 Å². The molecular weight excluding hydrogens is 208 g/mol. The van der Waals surface area contributed by atoms with Crippen molar-refractivity contribution in [1.29, 1.82) is 0 Å². The lowest BCUT2D eigenvalue weighted by molar-refractivity contribution is 0.0000495. The average molecular weight is 224 g/mol. The Kier molecular flexibility index (Phi) is 4.61. The molecule has 3 N–H and O–H groups in total. The van der Waals surface area contributed by atoms with E-state index in [0.717, 1.165) is 0 Å². The van der Waals surface area contributed by atoms with E-state index < -0.39 is 24.1 Å². The number of carbonyl (C=O) groups is 1. The van der Waals surface area contributed by atoms with Gasteiger partial charge in [-0.25, -0.2) is 0 Å². The lowest BCUT2D eigenvalue weighted by Gasteiger charge is -2.16. The largest absolute Gasteiger partial charge is 0.391 e. The van der Waals surface area contributed by atoms with Gasteiger partial charge in [-0.15, -0.1) is 0 Å². The van der Waals surface area contributed by atoms with Crippen LogP contribution in [0.1, 0.15) is 23.7 Å². The molecule has 0 saturated carbocycles. The summed E-state index contributed by atoms with van der Waals surface area (Å²) >= 11 is 0. The maximum Gasteiger partial charge on any atom is 0.191 e.